The summed E-state index contributed by atoms with van der Waals surface area (Å²) in [4.78, 5) is 3.29. The van der Waals surface area contributed by atoms with Gasteiger partial charge in [-0.3, -0.25) is 0 Å². The van der Waals surface area contributed by atoms with Crippen LogP contribution in [-0.4, -0.2) is 20.5 Å². The molecule has 0 radical (unpaired) electrons. The summed E-state index contributed by atoms with van der Waals surface area (Å²) in [6, 6.07) is 0. The summed E-state index contributed by atoms with van der Waals surface area (Å²) in [6.45, 7) is 5.41. The molecule has 0 aliphatic carbocycles. The van der Waals surface area contributed by atoms with Crippen LogP contribution in [0.15, 0.2) is 17.7 Å². The molecule has 0 aliphatic heterocycles. The van der Waals surface area contributed by atoms with E-state index in [1.165, 1.54) is 4.57 Å². The van der Waals surface area contributed by atoms with E-state index in [0.29, 0.717) is 5.71 Å². The first-order chi connectivity index (χ1) is 7.66. The second kappa shape index (κ2) is 4.38. The lowest BCUT2D eigenvalue weighted by molar-refractivity contribution is -0.141. The molecule has 17 heavy (non-hydrogen) atoms. The van der Waals surface area contributed by atoms with E-state index < -0.39 is 17.3 Å². The molecule has 1 aromatic rings. The highest BCUT2D eigenvalue weighted by molar-refractivity contribution is 5.86. The molecule has 7 heteroatoms. The van der Waals surface area contributed by atoms with Crippen LogP contribution in [0.1, 0.15) is 26.5 Å². The second-order valence-corrected chi connectivity index (χ2v) is 4.50. The van der Waals surface area contributed by atoms with E-state index in [2.05, 4.69) is 10.1 Å². The summed E-state index contributed by atoms with van der Waals surface area (Å²) in [6.07, 6.45) is -2.38. The number of hydrogen-bond donors (Lipinski definition) is 1. The summed E-state index contributed by atoms with van der Waals surface area (Å²) in [5, 5.41) is 11.7. The van der Waals surface area contributed by atoms with E-state index in [1.54, 1.807) is 20.8 Å². The van der Waals surface area contributed by atoms with Gasteiger partial charge in [-0.2, -0.15) is 13.2 Å². The number of oxime groups is 1. The maximum absolute atomic E-state index is 12.3. The lowest BCUT2D eigenvalue weighted by Crippen LogP contribution is -2.27. The first kappa shape index (κ1) is 13.5. The Balaban J connectivity index is 2.87. The zero-order valence-corrected chi connectivity index (χ0v) is 9.78. The third-order valence-electron chi connectivity index (χ3n) is 2.63. The maximum Gasteiger partial charge on any atom is 0.434 e. The van der Waals surface area contributed by atoms with Crippen LogP contribution in [0.3, 0.4) is 0 Å². The van der Waals surface area contributed by atoms with Crippen molar-refractivity contribution in [2.24, 2.45) is 10.6 Å². The lowest BCUT2D eigenvalue weighted by Gasteiger charge is -2.23. The van der Waals surface area contributed by atoms with Crippen molar-refractivity contribution in [3.63, 3.8) is 0 Å². The van der Waals surface area contributed by atoms with Gasteiger partial charge in [0, 0.05) is 18.2 Å². The Morgan fingerprint density at radius 1 is 1.47 bits per heavy atom. The fraction of sp³-hybridized carbons (Fsp3) is 0.600. The Kier molecular flexibility index (Phi) is 3.49. The van der Waals surface area contributed by atoms with Gasteiger partial charge in [0.2, 0.25) is 0 Å². The quantitative estimate of drug-likeness (QED) is 0.508. The molecule has 0 spiro atoms. The molecular weight excluding hydrogens is 235 g/mol. The zero-order valence-electron chi connectivity index (χ0n) is 9.78. The number of aromatic nitrogens is 2. The van der Waals surface area contributed by atoms with Gasteiger partial charge in [0.1, 0.15) is 0 Å². The molecule has 0 bridgehead atoms. The third kappa shape index (κ3) is 3.21. The van der Waals surface area contributed by atoms with Gasteiger partial charge in [0.25, 0.3) is 0 Å². The Morgan fingerprint density at radius 3 is 2.47 bits per heavy atom. The predicted molar refractivity (Wildman–Crippen MR) is 55.9 cm³/mol. The average molecular weight is 249 g/mol. The number of alkyl halides is 3. The SMILES string of the molecule is CC(=NO)C(C)(C)Cn1cnc(C(F)(F)F)c1. The van der Waals surface area contributed by atoms with Crippen LogP contribution < -0.4 is 0 Å². The Bertz CT molecular complexity index is 421. The molecule has 1 rings (SSSR count). The van der Waals surface area contributed by atoms with Gasteiger partial charge < -0.3 is 9.77 Å². The molecule has 0 saturated carbocycles. The molecule has 0 amide bonds. The van der Waals surface area contributed by atoms with Crippen molar-refractivity contribution < 1.29 is 18.4 Å². The van der Waals surface area contributed by atoms with Gasteiger partial charge in [-0.25, -0.2) is 4.98 Å². The molecule has 1 heterocycles. The largest absolute Gasteiger partial charge is 0.434 e. The molecule has 1 N–H and O–H groups in total. The van der Waals surface area contributed by atoms with Crippen LogP contribution in [0.25, 0.3) is 0 Å². The minimum Gasteiger partial charge on any atom is -0.411 e. The van der Waals surface area contributed by atoms with Gasteiger partial charge in [0.15, 0.2) is 5.69 Å². The minimum atomic E-state index is -4.44. The van der Waals surface area contributed by atoms with E-state index in [9.17, 15) is 13.2 Å². The van der Waals surface area contributed by atoms with E-state index >= 15 is 0 Å². The topological polar surface area (TPSA) is 50.4 Å². The fourth-order valence-electron chi connectivity index (χ4n) is 1.30. The van der Waals surface area contributed by atoms with Gasteiger partial charge in [-0.15, -0.1) is 0 Å². The highest BCUT2D eigenvalue weighted by atomic mass is 19.4. The van der Waals surface area contributed by atoms with Crippen LogP contribution >= 0.6 is 0 Å². The molecule has 0 saturated heterocycles. The van der Waals surface area contributed by atoms with E-state index in [4.69, 9.17) is 5.21 Å². The molecule has 4 nitrogen and oxygen atoms in total. The average Bonchev–Trinajstić information content (AvgIpc) is 2.63. The van der Waals surface area contributed by atoms with Crippen LogP contribution in [0.4, 0.5) is 13.2 Å². The van der Waals surface area contributed by atoms with Gasteiger partial charge in [-0.1, -0.05) is 19.0 Å². The first-order valence-electron chi connectivity index (χ1n) is 4.95. The monoisotopic (exact) mass is 249 g/mol. The van der Waals surface area contributed by atoms with E-state index in [-0.39, 0.29) is 6.54 Å². The smallest absolute Gasteiger partial charge is 0.411 e. The Morgan fingerprint density at radius 2 is 2.06 bits per heavy atom. The Hall–Kier alpha value is -1.53. The number of imidazole rings is 1. The Labute approximate surface area is 96.8 Å². The van der Waals surface area contributed by atoms with Crippen LogP contribution in [-0.2, 0) is 12.7 Å². The van der Waals surface area contributed by atoms with Gasteiger partial charge >= 0.3 is 6.18 Å². The fourth-order valence-corrected chi connectivity index (χ4v) is 1.30. The van der Waals surface area contributed by atoms with Crippen molar-refractivity contribution >= 4 is 5.71 Å². The van der Waals surface area contributed by atoms with Crippen LogP contribution in [0.2, 0.25) is 0 Å². The summed E-state index contributed by atoms with van der Waals surface area (Å²) in [5.74, 6) is 0. The molecule has 0 aromatic carbocycles. The predicted octanol–water partition coefficient (Wildman–Crippen LogP) is 2.78. The maximum atomic E-state index is 12.3. The number of halogens is 3. The summed E-state index contributed by atoms with van der Waals surface area (Å²) >= 11 is 0. The molecule has 1 aromatic heterocycles. The number of rotatable bonds is 3. The van der Waals surface area contributed by atoms with Crippen molar-refractivity contribution in [1.82, 2.24) is 9.55 Å². The lowest BCUT2D eigenvalue weighted by atomic mass is 9.88. The normalized spacial score (nSPS) is 14.1. The van der Waals surface area contributed by atoms with Gasteiger partial charge in [-0.05, 0) is 6.92 Å². The molecule has 0 atom stereocenters. The first-order valence-corrected chi connectivity index (χ1v) is 4.95. The molecular formula is C10H14F3N3O. The molecule has 96 valence electrons. The standard InChI is InChI=1S/C10H14F3N3O/c1-7(15-17)9(2,3)5-16-4-8(14-6-16)10(11,12)13/h4,6,17H,5H2,1-3H3. The van der Waals surface area contributed by atoms with Crippen molar-refractivity contribution in [3.05, 3.63) is 18.2 Å². The third-order valence-corrected chi connectivity index (χ3v) is 2.63. The van der Waals surface area contributed by atoms with Crippen molar-refractivity contribution in [3.8, 4) is 0 Å². The van der Waals surface area contributed by atoms with E-state index in [1.807, 2.05) is 0 Å². The van der Waals surface area contributed by atoms with Gasteiger partial charge in [0.05, 0.1) is 12.0 Å². The minimum absolute atomic E-state index is 0.256. The zero-order chi connectivity index (χ0) is 13.3. The highest BCUT2D eigenvalue weighted by Crippen LogP contribution is 2.28. The van der Waals surface area contributed by atoms with Crippen LogP contribution in [0.5, 0.6) is 0 Å². The van der Waals surface area contributed by atoms with Crippen molar-refractivity contribution in [2.75, 3.05) is 0 Å². The number of hydrogen-bond acceptors (Lipinski definition) is 3. The molecule has 0 aliphatic rings. The van der Waals surface area contributed by atoms with Crippen molar-refractivity contribution in [2.45, 2.75) is 33.5 Å². The highest BCUT2D eigenvalue weighted by Gasteiger charge is 2.34. The molecule has 0 fully saturated rings. The summed E-state index contributed by atoms with van der Waals surface area (Å²) in [7, 11) is 0. The van der Waals surface area contributed by atoms with Crippen LogP contribution in [0, 0.1) is 5.41 Å². The molecule has 0 unspecified atom stereocenters. The summed E-state index contributed by atoms with van der Waals surface area (Å²) in [5.41, 5.74) is -1.02. The van der Waals surface area contributed by atoms with E-state index in [0.717, 1.165) is 12.5 Å². The number of nitrogens with zero attached hydrogens (tertiary/aromatic N) is 3. The summed E-state index contributed by atoms with van der Waals surface area (Å²) < 4.78 is 38.3. The van der Waals surface area contributed by atoms with Crippen molar-refractivity contribution in [1.29, 1.82) is 0 Å². The second-order valence-electron chi connectivity index (χ2n) is 4.50.